The standard InChI is InChI=1S/C9H12BrN3/c1-13-4-2-3-12-8-6-11-5-7(10)9(8)13/h5-6,12H,2-4H2,1H3. The number of nitrogens with one attached hydrogen (secondary N) is 1. The molecule has 1 aliphatic heterocycles. The normalized spacial score (nSPS) is 16.0. The van der Waals surface area contributed by atoms with Crippen LogP contribution in [-0.4, -0.2) is 25.1 Å². The molecule has 2 rings (SSSR count). The lowest BCUT2D eigenvalue weighted by atomic mass is 10.3. The van der Waals surface area contributed by atoms with Crippen LogP contribution in [-0.2, 0) is 0 Å². The van der Waals surface area contributed by atoms with Crippen molar-refractivity contribution in [2.75, 3.05) is 30.4 Å². The summed E-state index contributed by atoms with van der Waals surface area (Å²) in [4.78, 5) is 6.39. The van der Waals surface area contributed by atoms with E-state index in [2.05, 4.69) is 38.2 Å². The molecular weight excluding hydrogens is 230 g/mol. The van der Waals surface area contributed by atoms with Gasteiger partial charge in [0.15, 0.2) is 0 Å². The molecule has 0 saturated heterocycles. The lowest BCUT2D eigenvalue weighted by Gasteiger charge is -2.19. The molecule has 0 bridgehead atoms. The van der Waals surface area contributed by atoms with Crippen LogP contribution in [0, 0.1) is 0 Å². The van der Waals surface area contributed by atoms with Crippen molar-refractivity contribution in [1.29, 1.82) is 0 Å². The van der Waals surface area contributed by atoms with Gasteiger partial charge in [0.05, 0.1) is 22.0 Å². The van der Waals surface area contributed by atoms with Gasteiger partial charge in [-0.05, 0) is 22.4 Å². The van der Waals surface area contributed by atoms with Gasteiger partial charge in [0.2, 0.25) is 0 Å². The first kappa shape index (κ1) is 8.81. The fourth-order valence-corrected chi connectivity index (χ4v) is 2.23. The molecule has 0 saturated carbocycles. The van der Waals surface area contributed by atoms with Crippen LogP contribution in [0.2, 0.25) is 0 Å². The maximum Gasteiger partial charge on any atom is 0.0776 e. The minimum absolute atomic E-state index is 1.02. The average Bonchev–Trinajstić information content (AvgIpc) is 2.29. The quantitative estimate of drug-likeness (QED) is 0.755. The van der Waals surface area contributed by atoms with Gasteiger partial charge in [-0.1, -0.05) is 0 Å². The molecule has 0 fully saturated rings. The third kappa shape index (κ3) is 1.63. The van der Waals surface area contributed by atoms with Gasteiger partial charge in [-0.2, -0.15) is 0 Å². The van der Waals surface area contributed by atoms with Gasteiger partial charge in [-0.15, -0.1) is 0 Å². The zero-order chi connectivity index (χ0) is 9.26. The molecule has 0 unspecified atom stereocenters. The van der Waals surface area contributed by atoms with Crippen molar-refractivity contribution in [3.05, 3.63) is 16.9 Å². The highest BCUT2D eigenvalue weighted by molar-refractivity contribution is 9.10. The van der Waals surface area contributed by atoms with E-state index in [0.29, 0.717) is 0 Å². The third-order valence-corrected chi connectivity index (χ3v) is 2.82. The highest BCUT2D eigenvalue weighted by Gasteiger charge is 2.14. The van der Waals surface area contributed by atoms with E-state index in [1.807, 2.05) is 12.4 Å². The van der Waals surface area contributed by atoms with Crippen molar-refractivity contribution in [3.63, 3.8) is 0 Å². The number of rotatable bonds is 0. The predicted molar refractivity (Wildman–Crippen MR) is 58.3 cm³/mol. The van der Waals surface area contributed by atoms with Crippen LogP contribution in [0.25, 0.3) is 0 Å². The van der Waals surface area contributed by atoms with Gasteiger partial charge in [0.1, 0.15) is 0 Å². The van der Waals surface area contributed by atoms with Gasteiger partial charge in [-0.25, -0.2) is 0 Å². The lowest BCUT2D eigenvalue weighted by Crippen LogP contribution is -2.17. The summed E-state index contributed by atoms with van der Waals surface area (Å²) in [5.41, 5.74) is 2.34. The highest BCUT2D eigenvalue weighted by atomic mass is 79.9. The van der Waals surface area contributed by atoms with E-state index < -0.39 is 0 Å². The van der Waals surface area contributed by atoms with Gasteiger partial charge in [0.25, 0.3) is 0 Å². The lowest BCUT2D eigenvalue weighted by molar-refractivity contribution is 0.836. The van der Waals surface area contributed by atoms with Crippen LogP contribution in [0.15, 0.2) is 16.9 Å². The highest BCUT2D eigenvalue weighted by Crippen LogP contribution is 2.33. The van der Waals surface area contributed by atoms with Gasteiger partial charge < -0.3 is 10.2 Å². The van der Waals surface area contributed by atoms with Crippen molar-refractivity contribution in [2.45, 2.75) is 6.42 Å². The minimum Gasteiger partial charge on any atom is -0.382 e. The molecule has 70 valence electrons. The molecule has 1 aromatic heterocycles. The number of nitrogens with zero attached hydrogens (tertiary/aromatic N) is 2. The van der Waals surface area contributed by atoms with Crippen molar-refractivity contribution in [3.8, 4) is 0 Å². The van der Waals surface area contributed by atoms with E-state index in [1.54, 1.807) is 0 Å². The number of anilines is 2. The van der Waals surface area contributed by atoms with Gasteiger partial charge in [-0.3, -0.25) is 4.98 Å². The predicted octanol–water partition coefficient (Wildman–Crippen LogP) is 2.10. The first-order chi connectivity index (χ1) is 6.29. The largest absolute Gasteiger partial charge is 0.382 e. The molecule has 1 aromatic rings. The molecule has 1 N–H and O–H groups in total. The monoisotopic (exact) mass is 241 g/mol. The maximum absolute atomic E-state index is 4.14. The summed E-state index contributed by atoms with van der Waals surface area (Å²) in [7, 11) is 2.11. The Morgan fingerprint density at radius 2 is 2.38 bits per heavy atom. The second-order valence-corrected chi connectivity index (χ2v) is 4.07. The Hall–Kier alpha value is -0.770. The van der Waals surface area contributed by atoms with Crippen molar-refractivity contribution >= 4 is 27.3 Å². The Morgan fingerprint density at radius 1 is 1.54 bits per heavy atom. The van der Waals surface area contributed by atoms with E-state index in [-0.39, 0.29) is 0 Å². The Kier molecular flexibility index (Phi) is 2.40. The Labute approximate surface area is 86.3 Å². The zero-order valence-corrected chi connectivity index (χ0v) is 9.13. The number of hydrogen-bond acceptors (Lipinski definition) is 3. The zero-order valence-electron chi connectivity index (χ0n) is 7.55. The summed E-state index contributed by atoms with van der Waals surface area (Å²) in [6.07, 6.45) is 4.88. The van der Waals surface area contributed by atoms with Crippen molar-refractivity contribution in [2.24, 2.45) is 0 Å². The Balaban J connectivity index is 2.48. The summed E-state index contributed by atoms with van der Waals surface area (Å²) in [6.45, 7) is 2.11. The van der Waals surface area contributed by atoms with E-state index in [1.165, 1.54) is 5.69 Å². The topological polar surface area (TPSA) is 28.2 Å². The molecule has 3 nitrogen and oxygen atoms in total. The molecule has 0 atom stereocenters. The van der Waals surface area contributed by atoms with Crippen molar-refractivity contribution in [1.82, 2.24) is 4.98 Å². The Morgan fingerprint density at radius 3 is 3.23 bits per heavy atom. The van der Waals surface area contributed by atoms with Crippen LogP contribution in [0.1, 0.15) is 6.42 Å². The van der Waals surface area contributed by atoms with E-state index >= 15 is 0 Å². The molecule has 2 heterocycles. The molecule has 13 heavy (non-hydrogen) atoms. The van der Waals surface area contributed by atoms with E-state index in [0.717, 1.165) is 29.7 Å². The van der Waals surface area contributed by atoms with Crippen LogP contribution in [0.4, 0.5) is 11.4 Å². The molecule has 4 heteroatoms. The van der Waals surface area contributed by atoms with Crippen molar-refractivity contribution < 1.29 is 0 Å². The van der Waals surface area contributed by atoms with Crippen LogP contribution in [0.3, 0.4) is 0 Å². The second-order valence-electron chi connectivity index (χ2n) is 3.22. The smallest absolute Gasteiger partial charge is 0.0776 e. The molecule has 1 aliphatic rings. The van der Waals surface area contributed by atoms with Crippen LogP contribution >= 0.6 is 15.9 Å². The summed E-state index contributed by atoms with van der Waals surface area (Å²) < 4.78 is 1.06. The fourth-order valence-electron chi connectivity index (χ4n) is 1.60. The number of halogens is 1. The first-order valence-electron chi connectivity index (χ1n) is 4.37. The minimum atomic E-state index is 1.02. The molecule has 0 spiro atoms. The summed E-state index contributed by atoms with van der Waals surface area (Å²) in [5, 5.41) is 3.36. The average molecular weight is 242 g/mol. The molecule has 0 radical (unpaired) electrons. The molecular formula is C9H12BrN3. The molecule has 0 aliphatic carbocycles. The first-order valence-corrected chi connectivity index (χ1v) is 5.17. The summed E-state index contributed by atoms with van der Waals surface area (Å²) in [5.74, 6) is 0. The summed E-state index contributed by atoms with van der Waals surface area (Å²) in [6, 6.07) is 0. The molecule has 0 amide bonds. The number of fused-ring (bicyclic) bond motifs is 1. The number of hydrogen-bond donors (Lipinski definition) is 1. The van der Waals surface area contributed by atoms with E-state index in [9.17, 15) is 0 Å². The fraction of sp³-hybridized carbons (Fsp3) is 0.444. The third-order valence-electron chi connectivity index (χ3n) is 2.24. The van der Waals surface area contributed by atoms with Crippen LogP contribution in [0.5, 0.6) is 0 Å². The number of pyridine rings is 1. The Bertz CT molecular complexity index is 314. The second kappa shape index (κ2) is 3.54. The maximum atomic E-state index is 4.14. The summed E-state index contributed by atoms with van der Waals surface area (Å²) >= 11 is 3.51. The van der Waals surface area contributed by atoms with Gasteiger partial charge >= 0.3 is 0 Å². The van der Waals surface area contributed by atoms with E-state index in [4.69, 9.17) is 0 Å². The number of aromatic nitrogens is 1. The molecule has 0 aromatic carbocycles. The van der Waals surface area contributed by atoms with Gasteiger partial charge in [0, 0.05) is 26.3 Å². The SMILES string of the molecule is CN1CCCNc2cncc(Br)c21. The van der Waals surface area contributed by atoms with Crippen LogP contribution < -0.4 is 10.2 Å².